The number of benzene rings is 3. The van der Waals surface area contributed by atoms with E-state index in [2.05, 4.69) is 34.7 Å². The predicted octanol–water partition coefficient (Wildman–Crippen LogP) is 5.73. The highest BCUT2D eigenvalue weighted by molar-refractivity contribution is 6.30. The van der Waals surface area contributed by atoms with Crippen molar-refractivity contribution in [2.45, 2.75) is 19.2 Å². The van der Waals surface area contributed by atoms with Crippen molar-refractivity contribution >= 4 is 17.3 Å². The first-order valence-electron chi connectivity index (χ1n) is 9.74. The minimum absolute atomic E-state index is 0.0232. The third kappa shape index (κ3) is 3.24. The second kappa shape index (κ2) is 7.47. The van der Waals surface area contributed by atoms with Crippen LogP contribution in [-0.4, -0.2) is 11.6 Å². The predicted molar refractivity (Wildman–Crippen MR) is 115 cm³/mol. The number of ether oxygens (including phenoxy) is 2. The van der Waals surface area contributed by atoms with Crippen molar-refractivity contribution in [2.24, 2.45) is 0 Å². The first-order chi connectivity index (χ1) is 14.2. The fraction of sp³-hybridized carbons (Fsp3) is 0.167. The molecule has 0 aliphatic carbocycles. The van der Waals surface area contributed by atoms with Crippen LogP contribution in [0.25, 0.3) is 5.70 Å². The molecule has 2 atom stereocenters. The number of hydrogen-bond donors (Lipinski definition) is 1. The molecule has 0 bridgehead atoms. The van der Waals surface area contributed by atoms with Gasteiger partial charge in [-0.2, -0.15) is 5.01 Å². The van der Waals surface area contributed by atoms with E-state index in [1.54, 1.807) is 0 Å². The van der Waals surface area contributed by atoms with Crippen LogP contribution in [0.1, 0.15) is 35.9 Å². The normalized spacial score (nSPS) is 20.1. The maximum absolute atomic E-state index is 6.50. The summed E-state index contributed by atoms with van der Waals surface area (Å²) < 4.78 is 12.4. The summed E-state index contributed by atoms with van der Waals surface area (Å²) in [5, 5.41) is 2.85. The van der Waals surface area contributed by atoms with Crippen LogP contribution in [-0.2, 0) is 0 Å². The highest BCUT2D eigenvalue weighted by Gasteiger charge is 2.41. The molecule has 0 aromatic heterocycles. The molecule has 4 nitrogen and oxygen atoms in total. The highest BCUT2D eigenvalue weighted by atomic mass is 35.5. The maximum Gasteiger partial charge on any atom is 0.196 e. The minimum atomic E-state index is -0.316. The molecule has 5 rings (SSSR count). The molecule has 0 spiro atoms. The number of fused-ring (bicyclic) bond motifs is 3. The van der Waals surface area contributed by atoms with Crippen LogP contribution in [0.4, 0.5) is 0 Å². The standard InChI is InChI=1S/C24H21ClN2O2/c1-2-28-22-10-6-9-19-21-15-20(16-7-4-3-5-8-16)26-27(21)24(29-23(19)22)17-11-13-18(25)14-12-17/h3-15,21,24,26H,2H2,1H3/t21-,24+/m1/s1. The van der Waals surface area contributed by atoms with Crippen molar-refractivity contribution in [2.75, 3.05) is 6.61 Å². The Morgan fingerprint density at radius 1 is 1.00 bits per heavy atom. The van der Waals surface area contributed by atoms with Gasteiger partial charge in [-0.1, -0.05) is 66.2 Å². The summed E-state index contributed by atoms with van der Waals surface area (Å²) in [6, 6.07) is 24.2. The topological polar surface area (TPSA) is 33.7 Å². The van der Waals surface area contributed by atoms with Crippen molar-refractivity contribution in [1.29, 1.82) is 0 Å². The van der Waals surface area contributed by atoms with E-state index in [9.17, 15) is 0 Å². The monoisotopic (exact) mass is 404 g/mol. The third-order valence-electron chi connectivity index (χ3n) is 5.22. The molecule has 29 heavy (non-hydrogen) atoms. The molecule has 0 fully saturated rings. The lowest BCUT2D eigenvalue weighted by atomic mass is 10.00. The summed E-state index contributed by atoms with van der Waals surface area (Å²) in [5.41, 5.74) is 7.86. The summed E-state index contributed by atoms with van der Waals surface area (Å²) in [6.45, 7) is 2.57. The molecule has 0 amide bonds. The second-order valence-electron chi connectivity index (χ2n) is 7.04. The van der Waals surface area contributed by atoms with Gasteiger partial charge in [0.2, 0.25) is 0 Å². The molecule has 1 N–H and O–H groups in total. The maximum atomic E-state index is 6.50. The number of nitrogens with zero attached hydrogens (tertiary/aromatic N) is 1. The van der Waals surface area contributed by atoms with Crippen LogP contribution >= 0.6 is 11.6 Å². The Labute approximate surface area is 175 Å². The number of halogens is 1. The van der Waals surface area contributed by atoms with Crippen LogP contribution in [0, 0.1) is 0 Å². The van der Waals surface area contributed by atoms with Gasteiger partial charge < -0.3 is 14.9 Å². The van der Waals surface area contributed by atoms with Crippen molar-refractivity contribution in [3.63, 3.8) is 0 Å². The molecule has 2 aliphatic rings. The number of para-hydroxylation sites is 1. The average Bonchev–Trinajstić information content (AvgIpc) is 3.21. The van der Waals surface area contributed by atoms with Gasteiger partial charge in [0.05, 0.1) is 18.3 Å². The molecule has 3 aromatic rings. The molecule has 0 radical (unpaired) electrons. The van der Waals surface area contributed by atoms with Gasteiger partial charge in [0.15, 0.2) is 17.7 Å². The largest absolute Gasteiger partial charge is 0.490 e. The second-order valence-corrected chi connectivity index (χ2v) is 7.48. The summed E-state index contributed by atoms with van der Waals surface area (Å²) >= 11 is 6.11. The smallest absolute Gasteiger partial charge is 0.196 e. The zero-order chi connectivity index (χ0) is 19.8. The van der Waals surface area contributed by atoms with Gasteiger partial charge in [-0.05, 0) is 36.8 Å². The van der Waals surface area contributed by atoms with E-state index in [1.807, 2.05) is 61.5 Å². The number of hydrogen-bond acceptors (Lipinski definition) is 4. The molecule has 5 heteroatoms. The zero-order valence-corrected chi connectivity index (χ0v) is 16.8. The first-order valence-corrected chi connectivity index (χ1v) is 10.1. The third-order valence-corrected chi connectivity index (χ3v) is 5.48. The quantitative estimate of drug-likeness (QED) is 0.601. The molecular formula is C24H21ClN2O2. The molecular weight excluding hydrogens is 384 g/mol. The van der Waals surface area contributed by atoms with Crippen molar-refractivity contribution in [1.82, 2.24) is 10.4 Å². The van der Waals surface area contributed by atoms with Crippen LogP contribution in [0.5, 0.6) is 11.5 Å². The molecule has 0 saturated heterocycles. The van der Waals surface area contributed by atoms with Crippen LogP contribution < -0.4 is 14.9 Å². The minimum Gasteiger partial charge on any atom is -0.490 e. The Morgan fingerprint density at radius 3 is 2.55 bits per heavy atom. The number of hydrazine groups is 1. The molecule has 2 aliphatic heterocycles. The number of rotatable bonds is 4. The van der Waals surface area contributed by atoms with Gasteiger partial charge in [0.25, 0.3) is 0 Å². The lowest BCUT2D eigenvalue weighted by Gasteiger charge is -2.39. The fourth-order valence-corrected chi connectivity index (χ4v) is 4.02. The van der Waals surface area contributed by atoms with Crippen molar-refractivity contribution in [3.05, 3.63) is 101 Å². The Kier molecular flexibility index (Phi) is 4.66. The van der Waals surface area contributed by atoms with Crippen LogP contribution in [0.15, 0.2) is 78.9 Å². The molecule has 146 valence electrons. The van der Waals surface area contributed by atoms with E-state index in [4.69, 9.17) is 21.1 Å². The lowest BCUT2D eigenvalue weighted by Crippen LogP contribution is -2.43. The molecule has 0 unspecified atom stereocenters. The van der Waals surface area contributed by atoms with Crippen LogP contribution in [0.3, 0.4) is 0 Å². The van der Waals surface area contributed by atoms with Gasteiger partial charge in [0.1, 0.15) is 0 Å². The van der Waals surface area contributed by atoms with E-state index in [0.29, 0.717) is 11.6 Å². The Hall–Kier alpha value is -2.95. The van der Waals surface area contributed by atoms with E-state index in [-0.39, 0.29) is 12.3 Å². The number of nitrogens with one attached hydrogen (secondary N) is 1. The van der Waals surface area contributed by atoms with Gasteiger partial charge in [-0.25, -0.2) is 0 Å². The van der Waals surface area contributed by atoms with Gasteiger partial charge in [-0.3, -0.25) is 0 Å². The zero-order valence-electron chi connectivity index (χ0n) is 16.0. The summed E-state index contributed by atoms with van der Waals surface area (Å²) in [6.07, 6.45) is 1.93. The summed E-state index contributed by atoms with van der Waals surface area (Å²) in [7, 11) is 0. The Bertz CT molecular complexity index is 1050. The Balaban J connectivity index is 1.61. The fourth-order valence-electron chi connectivity index (χ4n) is 3.89. The van der Waals surface area contributed by atoms with E-state index in [0.717, 1.165) is 33.9 Å². The van der Waals surface area contributed by atoms with Crippen LogP contribution in [0.2, 0.25) is 5.02 Å². The average molecular weight is 405 g/mol. The van der Waals surface area contributed by atoms with E-state index < -0.39 is 0 Å². The summed E-state index contributed by atoms with van der Waals surface area (Å²) in [5.74, 6) is 1.56. The summed E-state index contributed by atoms with van der Waals surface area (Å²) in [4.78, 5) is 0. The van der Waals surface area contributed by atoms with E-state index >= 15 is 0 Å². The van der Waals surface area contributed by atoms with Gasteiger partial charge in [0, 0.05) is 16.1 Å². The van der Waals surface area contributed by atoms with Gasteiger partial charge >= 0.3 is 0 Å². The van der Waals surface area contributed by atoms with Crippen molar-refractivity contribution < 1.29 is 9.47 Å². The Morgan fingerprint density at radius 2 is 1.79 bits per heavy atom. The first kappa shape index (κ1) is 18.1. The molecule has 0 saturated carbocycles. The van der Waals surface area contributed by atoms with E-state index in [1.165, 1.54) is 0 Å². The highest BCUT2D eigenvalue weighted by Crippen LogP contribution is 2.49. The molecule has 2 heterocycles. The van der Waals surface area contributed by atoms with Gasteiger partial charge in [-0.15, -0.1) is 0 Å². The SMILES string of the molecule is CCOc1cccc2c1O[C@@H](c1ccc(Cl)cc1)N1NC(c3ccccc3)=C[C@H]21. The lowest BCUT2D eigenvalue weighted by molar-refractivity contribution is -0.0345. The van der Waals surface area contributed by atoms with Crippen molar-refractivity contribution in [3.8, 4) is 11.5 Å². The molecule has 3 aromatic carbocycles.